The number of aryl methyl sites for hydroxylation is 2. The zero-order chi connectivity index (χ0) is 18.6. The molecule has 1 fully saturated rings. The minimum atomic E-state index is -0.560. The molecule has 0 aromatic carbocycles. The maximum Gasteiger partial charge on any atom is 0.324 e. The SMILES string of the molecule is COC(=O)C1CN(C(=O)c2c(C)ccn(CCC(C)C)c2=O)CCN1. The van der Waals surface area contributed by atoms with Crippen LogP contribution in [0.25, 0.3) is 0 Å². The number of ether oxygens (including phenoxy) is 1. The first-order valence-electron chi connectivity index (χ1n) is 8.65. The lowest BCUT2D eigenvalue weighted by molar-refractivity contribution is -0.144. The van der Waals surface area contributed by atoms with Crippen molar-refractivity contribution < 1.29 is 14.3 Å². The van der Waals surface area contributed by atoms with E-state index in [0.29, 0.717) is 31.1 Å². The number of hydrogen-bond acceptors (Lipinski definition) is 5. The van der Waals surface area contributed by atoms with Crippen molar-refractivity contribution in [2.75, 3.05) is 26.7 Å². The Morgan fingerprint density at radius 2 is 2.12 bits per heavy atom. The minimum Gasteiger partial charge on any atom is -0.468 e. The lowest BCUT2D eigenvalue weighted by Crippen LogP contribution is -2.56. The standard InChI is InChI=1S/C18H27N3O4/c1-12(2)5-8-20-9-6-13(3)15(16(20)22)17(23)21-10-7-19-14(11-21)18(24)25-4/h6,9,12,14,19H,5,7-8,10-11H2,1-4H3. The maximum absolute atomic E-state index is 12.9. The second kappa shape index (κ2) is 8.29. The molecule has 2 heterocycles. The predicted molar refractivity (Wildman–Crippen MR) is 94.6 cm³/mol. The van der Waals surface area contributed by atoms with Gasteiger partial charge in [-0.15, -0.1) is 0 Å². The zero-order valence-corrected chi connectivity index (χ0v) is 15.4. The van der Waals surface area contributed by atoms with Crippen molar-refractivity contribution in [2.45, 2.75) is 39.8 Å². The Bertz CT molecular complexity index is 696. The highest BCUT2D eigenvalue weighted by Gasteiger charge is 2.31. The number of amides is 1. The summed E-state index contributed by atoms with van der Waals surface area (Å²) in [6.45, 7) is 7.68. The van der Waals surface area contributed by atoms with Gasteiger partial charge in [0.2, 0.25) is 0 Å². The van der Waals surface area contributed by atoms with Crippen molar-refractivity contribution in [3.8, 4) is 0 Å². The molecule has 1 aliphatic rings. The van der Waals surface area contributed by atoms with Crippen LogP contribution in [0.2, 0.25) is 0 Å². The van der Waals surface area contributed by atoms with Crippen molar-refractivity contribution in [3.05, 3.63) is 33.7 Å². The van der Waals surface area contributed by atoms with Gasteiger partial charge in [-0.1, -0.05) is 13.8 Å². The third-order valence-electron chi connectivity index (χ3n) is 4.48. The van der Waals surface area contributed by atoms with Gasteiger partial charge in [-0.05, 0) is 30.9 Å². The van der Waals surface area contributed by atoms with Crippen LogP contribution in [0.3, 0.4) is 0 Å². The van der Waals surface area contributed by atoms with Crippen LogP contribution in [0.15, 0.2) is 17.1 Å². The van der Waals surface area contributed by atoms with E-state index in [1.807, 2.05) is 0 Å². The Morgan fingerprint density at radius 1 is 1.40 bits per heavy atom. The fourth-order valence-electron chi connectivity index (χ4n) is 2.89. The lowest BCUT2D eigenvalue weighted by Gasteiger charge is -2.32. The second-order valence-electron chi connectivity index (χ2n) is 6.84. The van der Waals surface area contributed by atoms with Gasteiger partial charge < -0.3 is 19.5 Å². The number of methoxy groups -OCH3 is 1. The highest BCUT2D eigenvalue weighted by Crippen LogP contribution is 2.11. The number of piperazine rings is 1. The Hall–Kier alpha value is -2.15. The molecule has 7 nitrogen and oxygen atoms in total. The Kier molecular flexibility index (Phi) is 6.36. The summed E-state index contributed by atoms with van der Waals surface area (Å²) in [5.74, 6) is -0.255. The van der Waals surface area contributed by atoms with Crippen LogP contribution in [0.5, 0.6) is 0 Å². The van der Waals surface area contributed by atoms with Crippen LogP contribution in [0.1, 0.15) is 36.2 Å². The first-order valence-corrected chi connectivity index (χ1v) is 8.65. The second-order valence-corrected chi connectivity index (χ2v) is 6.84. The summed E-state index contributed by atoms with van der Waals surface area (Å²) in [7, 11) is 1.32. The van der Waals surface area contributed by atoms with Crippen LogP contribution in [0.4, 0.5) is 0 Å². The van der Waals surface area contributed by atoms with Crippen LogP contribution < -0.4 is 10.9 Å². The highest BCUT2D eigenvalue weighted by molar-refractivity contribution is 5.95. The van der Waals surface area contributed by atoms with E-state index in [-0.39, 0.29) is 23.6 Å². The number of rotatable bonds is 5. The van der Waals surface area contributed by atoms with Gasteiger partial charge in [0.15, 0.2) is 0 Å². The van der Waals surface area contributed by atoms with Gasteiger partial charge in [-0.25, -0.2) is 0 Å². The molecule has 1 unspecified atom stereocenters. The molecule has 1 aromatic heterocycles. The molecule has 138 valence electrons. The van der Waals surface area contributed by atoms with E-state index in [1.165, 1.54) is 7.11 Å². The highest BCUT2D eigenvalue weighted by atomic mass is 16.5. The Balaban J connectivity index is 2.24. The van der Waals surface area contributed by atoms with E-state index >= 15 is 0 Å². The Labute approximate surface area is 148 Å². The fourth-order valence-corrected chi connectivity index (χ4v) is 2.89. The lowest BCUT2D eigenvalue weighted by atomic mass is 10.1. The van der Waals surface area contributed by atoms with Crippen LogP contribution >= 0.6 is 0 Å². The summed E-state index contributed by atoms with van der Waals surface area (Å²) in [6.07, 6.45) is 2.61. The molecule has 25 heavy (non-hydrogen) atoms. The monoisotopic (exact) mass is 349 g/mol. The molecule has 7 heteroatoms. The molecule has 0 bridgehead atoms. The zero-order valence-electron chi connectivity index (χ0n) is 15.4. The van der Waals surface area contributed by atoms with E-state index in [0.717, 1.165) is 6.42 Å². The van der Waals surface area contributed by atoms with E-state index in [2.05, 4.69) is 19.2 Å². The summed E-state index contributed by atoms with van der Waals surface area (Å²) >= 11 is 0. The summed E-state index contributed by atoms with van der Waals surface area (Å²) in [6, 6.07) is 1.24. The molecule has 0 radical (unpaired) electrons. The maximum atomic E-state index is 12.9. The molecule has 2 rings (SSSR count). The molecule has 1 atom stereocenters. The first kappa shape index (κ1) is 19.2. The Morgan fingerprint density at radius 3 is 2.76 bits per heavy atom. The van der Waals surface area contributed by atoms with Crippen molar-refractivity contribution in [3.63, 3.8) is 0 Å². The van der Waals surface area contributed by atoms with Gasteiger partial charge in [-0.3, -0.25) is 14.4 Å². The van der Waals surface area contributed by atoms with Crippen molar-refractivity contribution >= 4 is 11.9 Å². The molecule has 0 aliphatic carbocycles. The van der Waals surface area contributed by atoms with E-state index in [9.17, 15) is 14.4 Å². The fraction of sp³-hybridized carbons (Fsp3) is 0.611. The number of pyridine rings is 1. The van der Waals surface area contributed by atoms with Crippen LogP contribution in [-0.2, 0) is 16.1 Å². The topological polar surface area (TPSA) is 80.6 Å². The third-order valence-corrected chi connectivity index (χ3v) is 4.48. The first-order chi connectivity index (χ1) is 11.8. The molecule has 1 amide bonds. The molecular weight excluding hydrogens is 322 g/mol. The molecule has 1 aromatic rings. The van der Waals surface area contributed by atoms with Gasteiger partial charge in [0.05, 0.1) is 7.11 Å². The van der Waals surface area contributed by atoms with Crippen molar-refractivity contribution in [1.29, 1.82) is 0 Å². The quantitative estimate of drug-likeness (QED) is 0.795. The van der Waals surface area contributed by atoms with Gasteiger partial charge >= 0.3 is 5.97 Å². The molecule has 1 N–H and O–H groups in total. The van der Waals surface area contributed by atoms with E-state index in [4.69, 9.17) is 4.74 Å². The van der Waals surface area contributed by atoms with Crippen molar-refractivity contribution in [1.82, 2.24) is 14.8 Å². The van der Waals surface area contributed by atoms with Crippen LogP contribution in [-0.4, -0.2) is 54.1 Å². The van der Waals surface area contributed by atoms with Gasteiger partial charge in [0, 0.05) is 32.4 Å². The molecule has 0 saturated carbocycles. The minimum absolute atomic E-state index is 0.191. The number of carbonyl (C=O) groups excluding carboxylic acids is 2. The molecular formula is C18H27N3O4. The number of nitrogens with zero attached hydrogens (tertiary/aromatic N) is 2. The normalized spacial score (nSPS) is 17.6. The number of nitrogens with one attached hydrogen (secondary N) is 1. The van der Waals surface area contributed by atoms with E-state index in [1.54, 1.807) is 28.7 Å². The summed E-state index contributed by atoms with van der Waals surface area (Å²) in [4.78, 5) is 39.0. The average molecular weight is 349 g/mol. The smallest absolute Gasteiger partial charge is 0.324 e. The van der Waals surface area contributed by atoms with E-state index < -0.39 is 12.0 Å². The molecule has 1 saturated heterocycles. The third kappa shape index (κ3) is 4.48. The molecule has 0 spiro atoms. The summed E-state index contributed by atoms with van der Waals surface area (Å²) < 4.78 is 6.34. The number of aromatic nitrogens is 1. The van der Waals surface area contributed by atoms with Gasteiger partial charge in [-0.2, -0.15) is 0 Å². The number of carbonyl (C=O) groups is 2. The molecule has 1 aliphatic heterocycles. The largest absolute Gasteiger partial charge is 0.468 e. The van der Waals surface area contributed by atoms with Gasteiger partial charge in [0.1, 0.15) is 11.6 Å². The summed E-state index contributed by atoms with van der Waals surface area (Å²) in [5, 5.41) is 3.03. The average Bonchev–Trinajstić information content (AvgIpc) is 2.60. The number of esters is 1. The van der Waals surface area contributed by atoms with Crippen molar-refractivity contribution in [2.24, 2.45) is 5.92 Å². The number of hydrogen-bond donors (Lipinski definition) is 1. The summed E-state index contributed by atoms with van der Waals surface area (Å²) in [5.41, 5.74) is 0.583. The predicted octanol–water partition coefficient (Wildman–Crippen LogP) is 0.790. The van der Waals surface area contributed by atoms with Crippen LogP contribution in [0, 0.1) is 12.8 Å². The van der Waals surface area contributed by atoms with Gasteiger partial charge in [0.25, 0.3) is 11.5 Å².